The average molecular weight is 421 g/mol. The number of carbonyl (C=O) groups is 2. The van der Waals surface area contributed by atoms with E-state index in [0.717, 1.165) is 56.4 Å². The molecule has 1 saturated carbocycles. The fourth-order valence-electron chi connectivity index (χ4n) is 4.94. The number of quaternary nitrogens is 1. The predicted molar refractivity (Wildman–Crippen MR) is 123 cm³/mol. The topological polar surface area (TPSA) is 74.8 Å². The summed E-state index contributed by atoms with van der Waals surface area (Å²) in [6.07, 6.45) is 4.55. The summed E-state index contributed by atoms with van der Waals surface area (Å²) in [7, 11) is 0. The molecule has 0 unspecified atom stereocenters. The second kappa shape index (κ2) is 9.65. The highest BCUT2D eigenvalue weighted by molar-refractivity contribution is 5.93. The van der Waals surface area contributed by atoms with Gasteiger partial charge in [-0.25, -0.2) is 0 Å². The molecule has 4 N–H and O–H groups in total. The quantitative estimate of drug-likeness (QED) is 0.696. The number of hydrogen-bond acceptors (Lipinski definition) is 2. The number of amides is 2. The zero-order valence-electron chi connectivity index (χ0n) is 18.6. The number of hydrogen-bond donors (Lipinski definition) is 3. The van der Waals surface area contributed by atoms with E-state index >= 15 is 0 Å². The summed E-state index contributed by atoms with van der Waals surface area (Å²) in [6.45, 7) is 5.68. The molecular formula is C26H34N3O2+. The highest BCUT2D eigenvalue weighted by Crippen LogP contribution is 2.30. The Balaban J connectivity index is 1.20. The van der Waals surface area contributed by atoms with Gasteiger partial charge in [-0.05, 0) is 62.6 Å². The van der Waals surface area contributed by atoms with Crippen LogP contribution in [-0.4, -0.2) is 24.4 Å². The number of fused-ring (bicyclic) bond motifs is 1. The monoisotopic (exact) mass is 420 g/mol. The molecule has 1 heterocycles. The highest BCUT2D eigenvalue weighted by atomic mass is 16.2. The zero-order valence-corrected chi connectivity index (χ0v) is 18.6. The molecule has 1 aliphatic heterocycles. The molecule has 2 aromatic rings. The summed E-state index contributed by atoms with van der Waals surface area (Å²) in [5.74, 6) is 0.801. The van der Waals surface area contributed by atoms with E-state index in [-0.39, 0.29) is 23.8 Å². The van der Waals surface area contributed by atoms with Crippen molar-refractivity contribution in [2.45, 2.75) is 58.5 Å². The number of carbonyl (C=O) groups excluding carboxylic acids is 2. The van der Waals surface area contributed by atoms with E-state index in [4.69, 9.17) is 0 Å². The summed E-state index contributed by atoms with van der Waals surface area (Å²) < 4.78 is 0. The largest absolute Gasteiger partial charge is 0.351 e. The Labute approximate surface area is 185 Å². The van der Waals surface area contributed by atoms with Gasteiger partial charge >= 0.3 is 0 Å². The van der Waals surface area contributed by atoms with E-state index in [9.17, 15) is 9.59 Å². The van der Waals surface area contributed by atoms with Crippen molar-refractivity contribution in [3.05, 3.63) is 64.7 Å². The fourth-order valence-corrected chi connectivity index (χ4v) is 4.94. The van der Waals surface area contributed by atoms with Crippen molar-refractivity contribution >= 4 is 17.5 Å². The van der Waals surface area contributed by atoms with E-state index in [1.807, 2.05) is 25.1 Å². The van der Waals surface area contributed by atoms with Crippen LogP contribution in [0.3, 0.4) is 0 Å². The van der Waals surface area contributed by atoms with E-state index in [1.54, 1.807) is 0 Å². The second-order valence-electron chi connectivity index (χ2n) is 9.29. The molecule has 1 fully saturated rings. The van der Waals surface area contributed by atoms with Crippen molar-refractivity contribution in [1.82, 2.24) is 5.32 Å². The number of aryl methyl sites for hydroxylation is 2. The van der Waals surface area contributed by atoms with Gasteiger partial charge in [0.25, 0.3) is 5.91 Å². The fraction of sp³-hybridized carbons (Fsp3) is 0.462. The summed E-state index contributed by atoms with van der Waals surface area (Å²) in [4.78, 5) is 25.4. The smallest absolute Gasteiger partial charge is 0.278 e. The maximum Gasteiger partial charge on any atom is 0.278 e. The van der Waals surface area contributed by atoms with E-state index in [2.05, 4.69) is 47.1 Å². The number of nitrogens with two attached hydrogens (primary N) is 1. The Kier molecular flexibility index (Phi) is 6.71. The van der Waals surface area contributed by atoms with Gasteiger partial charge in [-0.15, -0.1) is 0 Å². The first kappa shape index (κ1) is 21.6. The first-order chi connectivity index (χ1) is 15.0. The molecule has 2 aromatic carbocycles. The zero-order chi connectivity index (χ0) is 21.8. The molecule has 5 nitrogen and oxygen atoms in total. The van der Waals surface area contributed by atoms with Crippen molar-refractivity contribution in [2.75, 3.05) is 11.9 Å². The van der Waals surface area contributed by atoms with Crippen LogP contribution in [0.25, 0.3) is 0 Å². The molecule has 1 atom stereocenters. The van der Waals surface area contributed by atoms with Crippen molar-refractivity contribution < 1.29 is 14.9 Å². The Morgan fingerprint density at radius 2 is 1.71 bits per heavy atom. The lowest BCUT2D eigenvalue weighted by Crippen LogP contribution is -2.93. The molecule has 0 spiro atoms. The van der Waals surface area contributed by atoms with Crippen molar-refractivity contribution in [3.8, 4) is 0 Å². The molecule has 2 aliphatic rings. The predicted octanol–water partition coefficient (Wildman–Crippen LogP) is 2.85. The highest BCUT2D eigenvalue weighted by Gasteiger charge is 2.30. The Hall–Kier alpha value is -2.66. The lowest BCUT2D eigenvalue weighted by atomic mass is 9.81. The van der Waals surface area contributed by atoms with Gasteiger partial charge in [0.15, 0.2) is 6.04 Å². The van der Waals surface area contributed by atoms with Crippen LogP contribution < -0.4 is 16.0 Å². The number of anilines is 1. The first-order valence-corrected chi connectivity index (χ1v) is 11.6. The first-order valence-electron chi connectivity index (χ1n) is 11.6. The average Bonchev–Trinajstić information content (AvgIpc) is 2.79. The maximum atomic E-state index is 12.7. The second-order valence-corrected chi connectivity index (χ2v) is 9.29. The Bertz CT molecular complexity index is 947. The minimum absolute atomic E-state index is 0.0326. The Morgan fingerprint density at radius 1 is 0.968 bits per heavy atom. The van der Waals surface area contributed by atoms with Gasteiger partial charge in [0.05, 0.1) is 0 Å². The number of rotatable bonds is 5. The van der Waals surface area contributed by atoms with Crippen molar-refractivity contribution in [2.24, 2.45) is 11.8 Å². The number of nitrogens with one attached hydrogen (secondary N) is 2. The molecule has 5 heteroatoms. The molecule has 164 valence electrons. The van der Waals surface area contributed by atoms with Gasteiger partial charge in [-0.1, -0.05) is 42.0 Å². The van der Waals surface area contributed by atoms with E-state index in [0.29, 0.717) is 5.92 Å². The van der Waals surface area contributed by atoms with Crippen LogP contribution in [0, 0.1) is 25.7 Å². The van der Waals surface area contributed by atoms with E-state index < -0.39 is 0 Å². The summed E-state index contributed by atoms with van der Waals surface area (Å²) in [5, 5.41) is 8.43. The van der Waals surface area contributed by atoms with Gasteiger partial charge in [-0.2, -0.15) is 0 Å². The lowest BCUT2D eigenvalue weighted by Gasteiger charge is -2.29. The molecule has 0 radical (unpaired) electrons. The molecule has 1 aliphatic carbocycles. The molecule has 2 amide bonds. The van der Waals surface area contributed by atoms with Gasteiger partial charge < -0.3 is 16.0 Å². The van der Waals surface area contributed by atoms with Crippen LogP contribution in [-0.2, 0) is 22.6 Å². The van der Waals surface area contributed by atoms with Gasteiger partial charge in [0, 0.05) is 30.1 Å². The van der Waals surface area contributed by atoms with Crippen LogP contribution >= 0.6 is 0 Å². The number of benzene rings is 2. The summed E-state index contributed by atoms with van der Waals surface area (Å²) >= 11 is 0. The van der Waals surface area contributed by atoms with Crippen LogP contribution in [0.15, 0.2) is 42.5 Å². The standard InChI is InChI=1S/C26H33N3O2/c1-17-7-12-23(18(2)13-17)29-25(30)20-10-8-19(9-11-20)15-28-26(31)24-14-21-5-3-4-6-22(21)16-27-24/h3-7,12-13,19-20,24,27H,8-11,14-16H2,1-2H3,(H,28,31)(H,29,30)/p+1/t19?,20?,24-/m0/s1. The minimum Gasteiger partial charge on any atom is -0.351 e. The van der Waals surface area contributed by atoms with Crippen LogP contribution in [0.1, 0.15) is 47.9 Å². The molecule has 0 saturated heterocycles. The third-order valence-electron chi connectivity index (χ3n) is 6.94. The third kappa shape index (κ3) is 5.34. The van der Waals surface area contributed by atoms with Crippen LogP contribution in [0.5, 0.6) is 0 Å². The normalized spacial score (nSPS) is 23.0. The summed E-state index contributed by atoms with van der Waals surface area (Å²) in [6, 6.07) is 14.5. The van der Waals surface area contributed by atoms with Gasteiger partial charge in [0.1, 0.15) is 6.54 Å². The summed E-state index contributed by atoms with van der Waals surface area (Å²) in [5.41, 5.74) is 5.85. The SMILES string of the molecule is Cc1ccc(NC(=O)C2CCC(CNC(=O)[C@@H]3Cc4ccccc4C[NH2+]3)CC2)c(C)c1. The van der Waals surface area contributed by atoms with Crippen LogP contribution in [0.2, 0.25) is 0 Å². The maximum absolute atomic E-state index is 12.7. The molecular weight excluding hydrogens is 386 g/mol. The minimum atomic E-state index is -0.0326. The third-order valence-corrected chi connectivity index (χ3v) is 6.94. The molecule has 4 rings (SSSR count). The Morgan fingerprint density at radius 3 is 2.45 bits per heavy atom. The van der Waals surface area contributed by atoms with Crippen LogP contribution in [0.4, 0.5) is 5.69 Å². The van der Waals surface area contributed by atoms with Gasteiger partial charge in [-0.3, -0.25) is 9.59 Å². The molecule has 0 aromatic heterocycles. The molecule has 0 bridgehead atoms. The van der Waals surface area contributed by atoms with Crippen molar-refractivity contribution in [3.63, 3.8) is 0 Å². The molecule has 31 heavy (non-hydrogen) atoms. The lowest BCUT2D eigenvalue weighted by molar-refractivity contribution is -0.695. The van der Waals surface area contributed by atoms with E-state index in [1.165, 1.54) is 16.7 Å². The van der Waals surface area contributed by atoms with Crippen molar-refractivity contribution in [1.29, 1.82) is 0 Å². The van der Waals surface area contributed by atoms with Gasteiger partial charge in [0.2, 0.25) is 5.91 Å².